The highest BCUT2D eigenvalue weighted by Gasteiger charge is 2.46. The van der Waals surface area contributed by atoms with Crippen LogP contribution in [0.15, 0.2) is 30.5 Å². The highest BCUT2D eigenvalue weighted by Crippen LogP contribution is 2.27. The third kappa shape index (κ3) is 2.37. The van der Waals surface area contributed by atoms with E-state index in [9.17, 15) is 14.0 Å². The van der Waals surface area contributed by atoms with Crippen LogP contribution in [0.1, 0.15) is 12.0 Å². The van der Waals surface area contributed by atoms with Gasteiger partial charge < -0.3 is 15.0 Å². The highest BCUT2D eigenvalue weighted by atomic mass is 19.1. The maximum Gasteiger partial charge on any atom is 0.343 e. The third-order valence-electron chi connectivity index (χ3n) is 3.97. The minimum Gasteiger partial charge on any atom is -0.479 e. The fraction of sp³-hybridized carbons (Fsp3) is 0.333. The molecule has 0 radical (unpaired) electrons. The summed E-state index contributed by atoms with van der Waals surface area (Å²) in [5.41, 5.74) is -0.537. The Morgan fingerprint density at radius 3 is 2.86 bits per heavy atom. The average molecular weight is 290 g/mol. The number of nitrogens with one attached hydrogen (secondary N) is 1. The molecule has 1 atom stereocenters. The van der Waals surface area contributed by atoms with E-state index in [-0.39, 0.29) is 31.8 Å². The number of carboxylic acids is 1. The first-order chi connectivity index (χ1) is 9.99. The van der Waals surface area contributed by atoms with Crippen LogP contribution in [0.3, 0.4) is 0 Å². The molecule has 2 heterocycles. The largest absolute Gasteiger partial charge is 0.479 e. The van der Waals surface area contributed by atoms with Crippen molar-refractivity contribution in [1.29, 1.82) is 0 Å². The normalized spacial score (nSPS) is 21.9. The maximum atomic E-state index is 14.0. The molecule has 1 amide bonds. The Bertz CT molecular complexity index is 712. The molecule has 1 fully saturated rings. The molecule has 1 aromatic carbocycles. The number of likely N-dealkylation sites (tertiary alicyclic amines) is 1. The van der Waals surface area contributed by atoms with Gasteiger partial charge in [0.15, 0.2) is 0 Å². The SMILES string of the molecule is O=C(Cc1c[nH]c2ccccc12)N1CCC(F)(C(=O)O)C1. The van der Waals surface area contributed by atoms with Crippen LogP contribution in [0, 0.1) is 0 Å². The van der Waals surface area contributed by atoms with Crippen molar-refractivity contribution in [1.82, 2.24) is 9.88 Å². The van der Waals surface area contributed by atoms with Crippen molar-refractivity contribution in [3.63, 3.8) is 0 Å². The molecule has 1 aliphatic heterocycles. The van der Waals surface area contributed by atoms with Gasteiger partial charge in [0.2, 0.25) is 11.6 Å². The number of halogens is 1. The van der Waals surface area contributed by atoms with Crippen molar-refractivity contribution in [2.75, 3.05) is 13.1 Å². The Hall–Kier alpha value is -2.37. The molecule has 2 aromatic rings. The summed E-state index contributed by atoms with van der Waals surface area (Å²) in [5.74, 6) is -1.74. The first kappa shape index (κ1) is 13.6. The molecular formula is C15H15FN2O3. The molecule has 1 aliphatic rings. The molecular weight excluding hydrogens is 275 g/mol. The van der Waals surface area contributed by atoms with Gasteiger partial charge in [0, 0.05) is 30.1 Å². The second-order valence-corrected chi connectivity index (χ2v) is 5.37. The number of amides is 1. The molecule has 0 saturated carbocycles. The Morgan fingerprint density at radius 1 is 1.38 bits per heavy atom. The molecule has 21 heavy (non-hydrogen) atoms. The lowest BCUT2D eigenvalue weighted by Gasteiger charge is -2.17. The van der Waals surface area contributed by atoms with Gasteiger partial charge in [0.1, 0.15) is 0 Å². The van der Waals surface area contributed by atoms with E-state index in [1.54, 1.807) is 6.20 Å². The summed E-state index contributed by atoms with van der Waals surface area (Å²) in [6, 6.07) is 7.61. The van der Waals surface area contributed by atoms with Crippen LogP contribution in [0.4, 0.5) is 4.39 Å². The van der Waals surface area contributed by atoms with E-state index in [1.807, 2.05) is 24.3 Å². The summed E-state index contributed by atoms with van der Waals surface area (Å²) in [4.78, 5) is 27.5. The zero-order chi connectivity index (χ0) is 15.0. The molecule has 110 valence electrons. The monoisotopic (exact) mass is 290 g/mol. The van der Waals surface area contributed by atoms with E-state index >= 15 is 0 Å². The number of aromatic amines is 1. The number of aliphatic carboxylic acids is 1. The molecule has 2 N–H and O–H groups in total. The summed E-state index contributed by atoms with van der Waals surface area (Å²) in [6.45, 7) is -0.229. The number of H-pyrrole nitrogens is 1. The number of carbonyl (C=O) groups excluding carboxylic acids is 1. The first-order valence-electron chi connectivity index (χ1n) is 6.75. The zero-order valence-electron chi connectivity index (χ0n) is 11.3. The van der Waals surface area contributed by atoms with E-state index in [0.717, 1.165) is 16.5 Å². The van der Waals surface area contributed by atoms with Crippen LogP contribution >= 0.6 is 0 Å². The van der Waals surface area contributed by atoms with E-state index in [2.05, 4.69) is 4.98 Å². The number of alkyl halides is 1. The number of nitrogens with zero attached hydrogens (tertiary/aromatic N) is 1. The molecule has 1 aromatic heterocycles. The standard InChI is InChI=1S/C15H15FN2O3/c16-15(14(20)21)5-6-18(9-15)13(19)7-10-8-17-12-4-2-1-3-11(10)12/h1-4,8,17H,5-7,9H2,(H,20,21). The number of aromatic nitrogens is 1. The van der Waals surface area contributed by atoms with E-state index in [0.29, 0.717) is 0 Å². The van der Waals surface area contributed by atoms with Crippen LogP contribution in [0.25, 0.3) is 10.9 Å². The summed E-state index contributed by atoms with van der Waals surface area (Å²) >= 11 is 0. The molecule has 0 aliphatic carbocycles. The van der Waals surface area contributed by atoms with Gasteiger partial charge in [-0.3, -0.25) is 4.79 Å². The molecule has 3 rings (SSSR count). The zero-order valence-corrected chi connectivity index (χ0v) is 11.3. The van der Waals surface area contributed by atoms with Crippen LogP contribution in [0.2, 0.25) is 0 Å². The fourth-order valence-corrected chi connectivity index (χ4v) is 2.71. The van der Waals surface area contributed by atoms with Crippen molar-refractivity contribution in [3.8, 4) is 0 Å². The van der Waals surface area contributed by atoms with Gasteiger partial charge in [-0.2, -0.15) is 0 Å². The van der Waals surface area contributed by atoms with Gasteiger partial charge in [-0.1, -0.05) is 18.2 Å². The third-order valence-corrected chi connectivity index (χ3v) is 3.97. The minimum absolute atomic E-state index is 0.139. The van der Waals surface area contributed by atoms with Crippen molar-refractivity contribution in [3.05, 3.63) is 36.0 Å². The summed E-state index contributed by atoms with van der Waals surface area (Å²) < 4.78 is 14.0. The molecule has 1 saturated heterocycles. The quantitative estimate of drug-likeness (QED) is 0.904. The van der Waals surface area contributed by atoms with Gasteiger partial charge in [0.05, 0.1) is 13.0 Å². The topological polar surface area (TPSA) is 73.4 Å². The molecule has 0 bridgehead atoms. The van der Waals surface area contributed by atoms with Crippen molar-refractivity contribution < 1.29 is 19.1 Å². The van der Waals surface area contributed by atoms with E-state index in [1.165, 1.54) is 4.90 Å². The van der Waals surface area contributed by atoms with Gasteiger partial charge in [-0.05, 0) is 11.6 Å². The number of fused-ring (bicyclic) bond motifs is 1. The van der Waals surface area contributed by atoms with Gasteiger partial charge >= 0.3 is 5.97 Å². The number of benzene rings is 1. The predicted molar refractivity (Wildman–Crippen MR) is 74.7 cm³/mol. The Labute approximate surface area is 120 Å². The predicted octanol–water partition coefficient (Wildman–Crippen LogP) is 1.74. The average Bonchev–Trinajstić information content (AvgIpc) is 3.05. The lowest BCUT2D eigenvalue weighted by atomic mass is 10.1. The van der Waals surface area contributed by atoms with Crippen molar-refractivity contribution >= 4 is 22.8 Å². The number of rotatable bonds is 3. The lowest BCUT2D eigenvalue weighted by molar-refractivity contribution is -0.150. The molecule has 5 nitrogen and oxygen atoms in total. The Balaban J connectivity index is 1.74. The fourth-order valence-electron chi connectivity index (χ4n) is 2.71. The Kier molecular flexibility index (Phi) is 3.16. The molecule has 0 spiro atoms. The van der Waals surface area contributed by atoms with Crippen LogP contribution in [-0.4, -0.2) is 45.6 Å². The van der Waals surface area contributed by atoms with Crippen molar-refractivity contribution in [2.45, 2.75) is 18.5 Å². The van der Waals surface area contributed by atoms with Crippen molar-refractivity contribution in [2.24, 2.45) is 0 Å². The van der Waals surface area contributed by atoms with Crippen LogP contribution in [-0.2, 0) is 16.0 Å². The smallest absolute Gasteiger partial charge is 0.343 e. The number of hydrogen-bond acceptors (Lipinski definition) is 2. The Morgan fingerprint density at radius 2 is 2.14 bits per heavy atom. The van der Waals surface area contributed by atoms with Crippen LogP contribution in [0.5, 0.6) is 0 Å². The van der Waals surface area contributed by atoms with Gasteiger partial charge in [-0.25, -0.2) is 9.18 Å². The van der Waals surface area contributed by atoms with E-state index < -0.39 is 11.6 Å². The summed E-state index contributed by atoms with van der Waals surface area (Å²) in [6.07, 6.45) is 1.75. The first-order valence-corrected chi connectivity index (χ1v) is 6.75. The van der Waals surface area contributed by atoms with Gasteiger partial charge in [-0.15, -0.1) is 0 Å². The number of para-hydroxylation sites is 1. The van der Waals surface area contributed by atoms with Gasteiger partial charge in [0.25, 0.3) is 0 Å². The maximum absolute atomic E-state index is 14.0. The lowest BCUT2D eigenvalue weighted by Crippen LogP contribution is -2.39. The van der Waals surface area contributed by atoms with Crippen LogP contribution < -0.4 is 0 Å². The second kappa shape index (κ2) is 4.87. The summed E-state index contributed by atoms with van der Waals surface area (Å²) in [7, 11) is 0. The summed E-state index contributed by atoms with van der Waals surface area (Å²) in [5, 5.41) is 9.81. The number of carboxylic acid groups (broad SMARTS) is 1. The molecule has 1 unspecified atom stereocenters. The minimum atomic E-state index is -2.31. The second-order valence-electron chi connectivity index (χ2n) is 5.37. The molecule has 6 heteroatoms. The highest BCUT2D eigenvalue weighted by molar-refractivity contribution is 5.89. The number of hydrogen-bond donors (Lipinski definition) is 2. The number of carbonyl (C=O) groups is 2. The van der Waals surface area contributed by atoms with E-state index in [4.69, 9.17) is 5.11 Å².